The van der Waals surface area contributed by atoms with Gasteiger partial charge < -0.3 is 15.5 Å². The minimum absolute atomic E-state index is 0.0957. The Hall–Kier alpha value is -3.39. The van der Waals surface area contributed by atoms with Crippen molar-refractivity contribution in [3.05, 3.63) is 70.6 Å². The molecule has 1 aliphatic heterocycles. The number of benzene rings is 1. The van der Waals surface area contributed by atoms with Crippen LogP contribution in [-0.4, -0.2) is 33.1 Å². The first-order chi connectivity index (χ1) is 14.0. The average molecular weight is 411 g/mol. The summed E-state index contributed by atoms with van der Waals surface area (Å²) in [6.07, 6.45) is 3.18. The summed E-state index contributed by atoms with van der Waals surface area (Å²) >= 11 is 5.95. The van der Waals surface area contributed by atoms with Gasteiger partial charge >= 0.3 is 0 Å². The van der Waals surface area contributed by atoms with Gasteiger partial charge in [-0.05, 0) is 29.8 Å². The number of rotatable bonds is 5. The summed E-state index contributed by atoms with van der Waals surface area (Å²) in [5.74, 6) is 0.203. The number of carbonyl (C=O) groups is 2. The average Bonchev–Trinajstić information content (AvgIpc) is 3.14. The minimum Gasteiger partial charge on any atom is -0.359 e. The van der Waals surface area contributed by atoms with Crippen LogP contribution < -0.4 is 15.5 Å². The van der Waals surface area contributed by atoms with Crippen molar-refractivity contribution in [1.82, 2.24) is 20.1 Å². The number of fused-ring (bicyclic) bond motifs is 1. The zero-order chi connectivity index (χ0) is 20.4. The number of hydrogen-bond acceptors (Lipinski definition) is 5. The highest BCUT2D eigenvalue weighted by atomic mass is 35.5. The van der Waals surface area contributed by atoms with Crippen LogP contribution in [0.25, 0.3) is 0 Å². The molecule has 0 spiro atoms. The third-order valence-corrected chi connectivity index (χ3v) is 4.99. The van der Waals surface area contributed by atoms with Gasteiger partial charge in [0.05, 0.1) is 36.6 Å². The molecule has 29 heavy (non-hydrogen) atoms. The minimum atomic E-state index is -0.272. The standard InChI is InChI=1S/C20H19ClN6O2/c1-26-16(6-7-25-26)10-24-20(29)14-8-17-19(22-9-14)23-11-18(28)27(17)12-13-2-4-15(21)5-3-13/h2-9H,10-12H2,1H3,(H,22,23)(H,24,29). The fourth-order valence-electron chi connectivity index (χ4n) is 3.10. The largest absolute Gasteiger partial charge is 0.359 e. The van der Waals surface area contributed by atoms with Gasteiger partial charge in [-0.2, -0.15) is 5.10 Å². The molecule has 8 nitrogen and oxygen atoms in total. The van der Waals surface area contributed by atoms with Gasteiger partial charge in [0, 0.05) is 24.5 Å². The SMILES string of the molecule is Cn1nccc1CNC(=O)c1cnc2c(c1)N(Cc1ccc(Cl)cc1)C(=O)CN2. The third kappa shape index (κ3) is 4.07. The first-order valence-corrected chi connectivity index (χ1v) is 9.43. The zero-order valence-electron chi connectivity index (χ0n) is 15.7. The number of nitrogens with zero attached hydrogens (tertiary/aromatic N) is 4. The summed E-state index contributed by atoms with van der Waals surface area (Å²) in [4.78, 5) is 31.1. The molecule has 0 unspecified atom stereocenters. The third-order valence-electron chi connectivity index (χ3n) is 4.74. The molecule has 1 aliphatic rings. The van der Waals surface area contributed by atoms with Crippen LogP contribution in [0, 0.1) is 0 Å². The Morgan fingerprint density at radius 1 is 1.28 bits per heavy atom. The van der Waals surface area contributed by atoms with E-state index >= 15 is 0 Å². The van der Waals surface area contributed by atoms with E-state index in [9.17, 15) is 9.59 Å². The van der Waals surface area contributed by atoms with Crippen molar-refractivity contribution >= 4 is 34.9 Å². The highest BCUT2D eigenvalue weighted by Crippen LogP contribution is 2.30. The summed E-state index contributed by atoms with van der Waals surface area (Å²) in [5.41, 5.74) is 2.76. The molecule has 0 saturated heterocycles. The van der Waals surface area contributed by atoms with Crippen LogP contribution in [0.1, 0.15) is 21.6 Å². The lowest BCUT2D eigenvalue weighted by atomic mass is 10.1. The first kappa shape index (κ1) is 18.9. The van der Waals surface area contributed by atoms with Crippen LogP contribution >= 0.6 is 11.6 Å². The Bertz CT molecular complexity index is 1060. The molecule has 0 radical (unpaired) electrons. The summed E-state index contributed by atoms with van der Waals surface area (Å²) < 4.78 is 1.70. The molecule has 4 rings (SSSR count). The summed E-state index contributed by atoms with van der Waals surface area (Å²) in [7, 11) is 1.81. The van der Waals surface area contributed by atoms with Crippen LogP contribution in [0.2, 0.25) is 5.02 Å². The van der Waals surface area contributed by atoms with Gasteiger partial charge in [-0.15, -0.1) is 0 Å². The molecule has 0 fully saturated rings. The summed E-state index contributed by atoms with van der Waals surface area (Å²) in [5, 5.41) is 10.6. The molecule has 0 aliphatic carbocycles. The van der Waals surface area contributed by atoms with Gasteiger partial charge in [-0.1, -0.05) is 23.7 Å². The van der Waals surface area contributed by atoms with Gasteiger partial charge in [-0.3, -0.25) is 14.3 Å². The molecule has 3 aromatic rings. The van der Waals surface area contributed by atoms with E-state index in [-0.39, 0.29) is 18.4 Å². The van der Waals surface area contributed by atoms with Gasteiger partial charge in [0.15, 0.2) is 5.82 Å². The van der Waals surface area contributed by atoms with E-state index in [0.29, 0.717) is 35.2 Å². The maximum atomic E-state index is 12.6. The number of hydrogen-bond donors (Lipinski definition) is 2. The molecule has 2 N–H and O–H groups in total. The predicted octanol–water partition coefficient (Wildman–Crippen LogP) is 2.36. The van der Waals surface area contributed by atoms with Crippen molar-refractivity contribution < 1.29 is 9.59 Å². The smallest absolute Gasteiger partial charge is 0.253 e. The Morgan fingerprint density at radius 2 is 2.07 bits per heavy atom. The number of carbonyl (C=O) groups excluding carboxylic acids is 2. The van der Waals surface area contributed by atoms with Gasteiger partial charge in [0.25, 0.3) is 5.91 Å². The van der Waals surface area contributed by atoms with E-state index in [0.717, 1.165) is 11.3 Å². The monoisotopic (exact) mass is 410 g/mol. The summed E-state index contributed by atoms with van der Waals surface area (Å²) in [6.45, 7) is 0.865. The molecule has 2 amide bonds. The van der Waals surface area contributed by atoms with Crippen LogP contribution in [-0.2, 0) is 24.9 Å². The molecular weight excluding hydrogens is 392 g/mol. The molecule has 1 aromatic carbocycles. The van der Waals surface area contributed by atoms with E-state index < -0.39 is 0 Å². The molecular formula is C20H19ClN6O2. The van der Waals surface area contributed by atoms with Crippen molar-refractivity contribution in [1.29, 1.82) is 0 Å². The lowest BCUT2D eigenvalue weighted by molar-refractivity contribution is -0.117. The van der Waals surface area contributed by atoms with Crippen LogP contribution in [0.15, 0.2) is 48.8 Å². The summed E-state index contributed by atoms with van der Waals surface area (Å²) in [6, 6.07) is 10.8. The van der Waals surface area contributed by atoms with Gasteiger partial charge in [-0.25, -0.2) is 4.98 Å². The van der Waals surface area contributed by atoms with Crippen molar-refractivity contribution in [3.8, 4) is 0 Å². The van der Waals surface area contributed by atoms with E-state index in [1.54, 1.807) is 34.0 Å². The van der Waals surface area contributed by atoms with Crippen LogP contribution in [0.4, 0.5) is 11.5 Å². The van der Waals surface area contributed by atoms with E-state index in [1.165, 1.54) is 6.20 Å². The zero-order valence-corrected chi connectivity index (χ0v) is 16.5. The second kappa shape index (κ2) is 7.92. The number of aryl methyl sites for hydroxylation is 1. The first-order valence-electron chi connectivity index (χ1n) is 9.05. The van der Waals surface area contributed by atoms with E-state index in [1.807, 2.05) is 25.2 Å². The lowest BCUT2D eigenvalue weighted by Gasteiger charge is -2.29. The highest BCUT2D eigenvalue weighted by molar-refractivity contribution is 6.30. The Morgan fingerprint density at radius 3 is 2.79 bits per heavy atom. The fraction of sp³-hybridized carbons (Fsp3) is 0.200. The van der Waals surface area contributed by atoms with E-state index in [2.05, 4.69) is 20.7 Å². The van der Waals surface area contributed by atoms with Gasteiger partial charge in [0.1, 0.15) is 0 Å². The number of aromatic nitrogens is 3. The Kier molecular flexibility index (Phi) is 5.18. The van der Waals surface area contributed by atoms with Crippen molar-refractivity contribution in [2.45, 2.75) is 13.1 Å². The molecule has 9 heteroatoms. The molecule has 3 heterocycles. The lowest BCUT2D eigenvalue weighted by Crippen LogP contribution is -2.40. The number of anilines is 2. The maximum absolute atomic E-state index is 12.6. The topological polar surface area (TPSA) is 92.2 Å². The van der Waals surface area contributed by atoms with Crippen LogP contribution in [0.5, 0.6) is 0 Å². The number of pyridine rings is 1. The van der Waals surface area contributed by atoms with Crippen molar-refractivity contribution in [2.75, 3.05) is 16.8 Å². The molecule has 0 atom stereocenters. The number of amides is 2. The number of nitrogens with one attached hydrogen (secondary N) is 2. The molecule has 0 bridgehead atoms. The van der Waals surface area contributed by atoms with Crippen LogP contribution in [0.3, 0.4) is 0 Å². The predicted molar refractivity (Wildman–Crippen MR) is 110 cm³/mol. The normalized spacial score (nSPS) is 13.0. The molecule has 2 aromatic heterocycles. The highest BCUT2D eigenvalue weighted by Gasteiger charge is 2.26. The molecule has 148 valence electrons. The quantitative estimate of drug-likeness (QED) is 0.673. The van der Waals surface area contributed by atoms with Gasteiger partial charge in [0.2, 0.25) is 5.91 Å². The second-order valence-electron chi connectivity index (χ2n) is 6.68. The number of halogens is 1. The fourth-order valence-corrected chi connectivity index (χ4v) is 3.23. The Labute approximate surface area is 172 Å². The second-order valence-corrected chi connectivity index (χ2v) is 7.12. The van der Waals surface area contributed by atoms with Crippen molar-refractivity contribution in [3.63, 3.8) is 0 Å². The van der Waals surface area contributed by atoms with E-state index in [4.69, 9.17) is 11.6 Å². The molecule has 0 saturated carbocycles. The maximum Gasteiger partial charge on any atom is 0.253 e. The Balaban J connectivity index is 1.55. The van der Waals surface area contributed by atoms with Crippen molar-refractivity contribution in [2.24, 2.45) is 7.05 Å².